The van der Waals surface area contributed by atoms with E-state index >= 15 is 0 Å². The fourth-order valence-electron chi connectivity index (χ4n) is 1.25. The van der Waals surface area contributed by atoms with Gasteiger partial charge in [0, 0.05) is 19.7 Å². The van der Waals surface area contributed by atoms with E-state index < -0.39 is 0 Å². The number of hydrogen-bond donors (Lipinski definition) is 1. The minimum absolute atomic E-state index is 0.230. The Morgan fingerprint density at radius 2 is 2.44 bits per heavy atom. The second-order valence-electron chi connectivity index (χ2n) is 3.17. The van der Waals surface area contributed by atoms with Crippen molar-refractivity contribution in [1.82, 2.24) is 15.1 Å². The van der Waals surface area contributed by atoms with E-state index in [1.165, 1.54) is 0 Å². The lowest BCUT2D eigenvalue weighted by molar-refractivity contribution is 0.199. The van der Waals surface area contributed by atoms with Gasteiger partial charge in [-0.05, 0) is 12.1 Å². The van der Waals surface area contributed by atoms with Gasteiger partial charge in [-0.3, -0.25) is 4.79 Å². The van der Waals surface area contributed by atoms with Gasteiger partial charge >= 0.3 is 0 Å². The summed E-state index contributed by atoms with van der Waals surface area (Å²) in [7, 11) is 1.60. The lowest BCUT2D eigenvalue weighted by Crippen LogP contribution is -2.07. The highest BCUT2D eigenvalue weighted by molar-refractivity contribution is 5.50. The largest absolute Gasteiger partial charge is 0.384 e. The van der Waals surface area contributed by atoms with Gasteiger partial charge in [0.05, 0.1) is 6.61 Å². The van der Waals surface area contributed by atoms with Gasteiger partial charge in [-0.25, -0.2) is 0 Å². The number of ether oxygens (including phenoxy) is 1. The third-order valence-corrected chi connectivity index (χ3v) is 2.05. The van der Waals surface area contributed by atoms with Gasteiger partial charge in [0.2, 0.25) is 0 Å². The number of rotatable bonds is 4. The minimum Gasteiger partial charge on any atom is -0.384 e. The van der Waals surface area contributed by atoms with Gasteiger partial charge in [0.15, 0.2) is 5.82 Å². The van der Waals surface area contributed by atoms with Crippen LogP contribution in [-0.4, -0.2) is 28.8 Å². The molecule has 2 aromatic rings. The molecule has 84 valence electrons. The predicted molar refractivity (Wildman–Crippen MR) is 55.9 cm³/mol. The first-order chi connectivity index (χ1) is 7.81. The highest BCUT2D eigenvalue weighted by atomic mass is 16.5. The normalized spacial score (nSPS) is 10.6. The first-order valence-electron chi connectivity index (χ1n) is 4.81. The average Bonchev–Trinajstić information content (AvgIpc) is 2.75. The zero-order valence-electron chi connectivity index (χ0n) is 8.77. The summed E-state index contributed by atoms with van der Waals surface area (Å²) in [6.07, 6.45) is 2.11. The summed E-state index contributed by atoms with van der Waals surface area (Å²) < 4.78 is 9.89. The van der Waals surface area contributed by atoms with E-state index in [1.54, 1.807) is 25.4 Å². The van der Waals surface area contributed by atoms with E-state index in [0.717, 1.165) is 0 Å². The molecule has 0 spiro atoms. The molecule has 0 fully saturated rings. The molecule has 0 saturated heterocycles. The summed E-state index contributed by atoms with van der Waals surface area (Å²) in [6.45, 7) is 0.518. The van der Waals surface area contributed by atoms with Crippen molar-refractivity contribution in [3.8, 4) is 11.5 Å². The maximum Gasteiger partial charge on any atom is 0.263 e. The van der Waals surface area contributed by atoms with Gasteiger partial charge in [-0.1, -0.05) is 5.16 Å². The van der Waals surface area contributed by atoms with Gasteiger partial charge in [-0.2, -0.15) is 4.98 Å². The summed E-state index contributed by atoms with van der Waals surface area (Å²) in [4.78, 5) is 18.1. The number of aromatic nitrogens is 3. The number of pyridine rings is 1. The zero-order chi connectivity index (χ0) is 11.4. The van der Waals surface area contributed by atoms with Crippen molar-refractivity contribution in [2.45, 2.75) is 6.42 Å². The van der Waals surface area contributed by atoms with Crippen LogP contribution in [0.3, 0.4) is 0 Å². The van der Waals surface area contributed by atoms with Gasteiger partial charge < -0.3 is 14.2 Å². The zero-order valence-corrected chi connectivity index (χ0v) is 8.77. The van der Waals surface area contributed by atoms with Crippen molar-refractivity contribution in [2.24, 2.45) is 0 Å². The summed E-state index contributed by atoms with van der Waals surface area (Å²) >= 11 is 0. The molecule has 2 aromatic heterocycles. The van der Waals surface area contributed by atoms with Crippen molar-refractivity contribution in [3.05, 3.63) is 34.5 Å². The maximum absolute atomic E-state index is 11.4. The Hall–Kier alpha value is -1.95. The summed E-state index contributed by atoms with van der Waals surface area (Å²) in [5.41, 5.74) is 0.128. The maximum atomic E-state index is 11.4. The quantitative estimate of drug-likeness (QED) is 0.818. The van der Waals surface area contributed by atoms with Crippen molar-refractivity contribution >= 4 is 0 Å². The molecule has 6 heteroatoms. The van der Waals surface area contributed by atoms with Crippen LogP contribution in [0.1, 0.15) is 5.82 Å². The number of hydrogen-bond acceptors (Lipinski definition) is 5. The molecule has 0 radical (unpaired) electrons. The molecule has 16 heavy (non-hydrogen) atoms. The van der Waals surface area contributed by atoms with Crippen LogP contribution >= 0.6 is 0 Å². The van der Waals surface area contributed by atoms with Crippen LogP contribution in [-0.2, 0) is 11.2 Å². The number of nitrogens with one attached hydrogen (secondary N) is 1. The fourth-order valence-corrected chi connectivity index (χ4v) is 1.25. The van der Waals surface area contributed by atoms with Crippen molar-refractivity contribution in [3.63, 3.8) is 0 Å². The monoisotopic (exact) mass is 221 g/mol. The van der Waals surface area contributed by atoms with E-state index in [2.05, 4.69) is 15.1 Å². The van der Waals surface area contributed by atoms with E-state index in [0.29, 0.717) is 24.4 Å². The number of aromatic amines is 1. The second kappa shape index (κ2) is 4.71. The third kappa shape index (κ3) is 2.17. The molecule has 0 aliphatic heterocycles. The van der Waals surface area contributed by atoms with E-state index in [4.69, 9.17) is 9.26 Å². The van der Waals surface area contributed by atoms with Crippen LogP contribution in [0, 0.1) is 0 Å². The highest BCUT2D eigenvalue weighted by Crippen LogP contribution is 2.11. The van der Waals surface area contributed by atoms with Crippen LogP contribution in [0.5, 0.6) is 0 Å². The summed E-state index contributed by atoms with van der Waals surface area (Å²) in [5, 5.41) is 3.75. The highest BCUT2D eigenvalue weighted by Gasteiger charge is 2.11. The average molecular weight is 221 g/mol. The Bertz CT molecular complexity index is 518. The smallest absolute Gasteiger partial charge is 0.263 e. The van der Waals surface area contributed by atoms with Crippen molar-refractivity contribution < 1.29 is 9.26 Å². The van der Waals surface area contributed by atoms with Crippen molar-refractivity contribution in [2.75, 3.05) is 13.7 Å². The van der Waals surface area contributed by atoms with Crippen LogP contribution in [0.4, 0.5) is 0 Å². The summed E-state index contributed by atoms with van der Waals surface area (Å²) in [6, 6.07) is 3.34. The molecule has 1 N–H and O–H groups in total. The van der Waals surface area contributed by atoms with Crippen molar-refractivity contribution in [1.29, 1.82) is 0 Å². The molecule has 6 nitrogen and oxygen atoms in total. The number of methoxy groups -OCH3 is 1. The Morgan fingerprint density at radius 1 is 1.56 bits per heavy atom. The molecular formula is C10H11N3O3. The predicted octanol–water partition coefficient (Wildman–Crippen LogP) is 0.614. The van der Waals surface area contributed by atoms with Gasteiger partial charge in [0.25, 0.3) is 11.4 Å². The van der Waals surface area contributed by atoms with Crippen LogP contribution in [0.15, 0.2) is 27.6 Å². The molecule has 0 saturated carbocycles. The third-order valence-electron chi connectivity index (χ3n) is 2.05. The van der Waals surface area contributed by atoms with E-state index in [9.17, 15) is 4.79 Å². The van der Waals surface area contributed by atoms with Crippen LogP contribution in [0.25, 0.3) is 11.5 Å². The second-order valence-corrected chi connectivity index (χ2v) is 3.17. The Labute approximate surface area is 91.3 Å². The molecule has 0 aliphatic carbocycles. The first kappa shape index (κ1) is 10.6. The topological polar surface area (TPSA) is 81.0 Å². The van der Waals surface area contributed by atoms with Gasteiger partial charge in [0.1, 0.15) is 5.56 Å². The Morgan fingerprint density at radius 3 is 3.19 bits per heavy atom. The lowest BCUT2D eigenvalue weighted by Gasteiger charge is -1.91. The van der Waals surface area contributed by atoms with Crippen LogP contribution in [0.2, 0.25) is 0 Å². The Kier molecular flexibility index (Phi) is 3.11. The number of H-pyrrole nitrogens is 1. The lowest BCUT2D eigenvalue weighted by atomic mass is 10.3. The Balaban J connectivity index is 2.25. The molecule has 2 rings (SSSR count). The first-order valence-corrected chi connectivity index (χ1v) is 4.81. The standard InChI is InChI=1S/C10H11N3O3/c1-15-6-4-8-12-10(16-13-8)7-3-2-5-11-9(7)14/h2-3,5H,4,6H2,1H3,(H,11,14). The van der Waals surface area contributed by atoms with Gasteiger partial charge in [-0.15, -0.1) is 0 Å². The molecule has 0 aromatic carbocycles. The SMILES string of the molecule is COCCc1noc(-c2ccc[nH]c2=O)n1. The van der Waals surface area contributed by atoms with E-state index in [1.807, 2.05) is 0 Å². The minimum atomic E-state index is -0.246. The molecule has 2 heterocycles. The number of nitrogens with zero attached hydrogens (tertiary/aromatic N) is 2. The van der Waals surface area contributed by atoms with E-state index in [-0.39, 0.29) is 11.4 Å². The summed E-state index contributed by atoms with van der Waals surface area (Å²) in [5.74, 6) is 0.757. The molecule has 0 atom stereocenters. The molecule has 0 aliphatic rings. The molecule has 0 bridgehead atoms. The van der Waals surface area contributed by atoms with Crippen LogP contribution < -0.4 is 5.56 Å². The molecular weight excluding hydrogens is 210 g/mol. The molecule has 0 amide bonds. The molecule has 0 unspecified atom stereocenters. The fraction of sp³-hybridized carbons (Fsp3) is 0.300.